The minimum atomic E-state index is -1.01. The van der Waals surface area contributed by atoms with Gasteiger partial charge in [0.1, 0.15) is 0 Å². The molecule has 1 N–H and O–H groups in total. The summed E-state index contributed by atoms with van der Waals surface area (Å²) in [5.74, 6) is -0.644. The van der Waals surface area contributed by atoms with E-state index in [1.807, 2.05) is 0 Å². The molecule has 0 saturated heterocycles. The van der Waals surface area contributed by atoms with E-state index >= 15 is 0 Å². The van der Waals surface area contributed by atoms with Crippen molar-refractivity contribution in [3.8, 4) is 11.4 Å². The van der Waals surface area contributed by atoms with Crippen LogP contribution < -0.4 is 0 Å². The molecule has 0 aliphatic rings. The Morgan fingerprint density at radius 1 is 1.53 bits per heavy atom. The van der Waals surface area contributed by atoms with Gasteiger partial charge >= 0.3 is 5.97 Å². The smallest absolute Gasteiger partial charge is 0.327 e. The van der Waals surface area contributed by atoms with Gasteiger partial charge in [-0.15, -0.1) is 10.2 Å². The fourth-order valence-electron chi connectivity index (χ4n) is 1.04. The highest BCUT2D eigenvalue weighted by Gasteiger charge is 2.07. The first-order chi connectivity index (χ1) is 7.25. The van der Waals surface area contributed by atoms with E-state index in [4.69, 9.17) is 5.11 Å². The molecule has 0 spiro atoms. The lowest BCUT2D eigenvalue weighted by atomic mass is 10.3. The molecule has 0 aliphatic heterocycles. The molecular formula is C8H7N5O2. The van der Waals surface area contributed by atoms with E-state index in [1.165, 1.54) is 0 Å². The van der Waals surface area contributed by atoms with Gasteiger partial charge in [0.2, 0.25) is 5.82 Å². The summed E-state index contributed by atoms with van der Waals surface area (Å²) in [6, 6.07) is 3.52. The topological polar surface area (TPSA) is 93.8 Å². The second-order valence-electron chi connectivity index (χ2n) is 2.78. The van der Waals surface area contributed by atoms with E-state index in [0.29, 0.717) is 11.4 Å². The Morgan fingerprint density at radius 2 is 2.40 bits per heavy atom. The Bertz CT molecular complexity index is 467. The summed E-state index contributed by atoms with van der Waals surface area (Å²) in [5, 5.41) is 19.7. The summed E-state index contributed by atoms with van der Waals surface area (Å²) in [4.78, 5) is 15.3. The van der Waals surface area contributed by atoms with Crippen LogP contribution in [0, 0.1) is 0 Å². The first kappa shape index (κ1) is 9.25. The van der Waals surface area contributed by atoms with Crippen LogP contribution in [0.5, 0.6) is 0 Å². The van der Waals surface area contributed by atoms with Gasteiger partial charge in [-0.05, 0) is 17.3 Å². The molecule has 76 valence electrons. The van der Waals surface area contributed by atoms with Crippen LogP contribution in [-0.2, 0) is 11.3 Å². The van der Waals surface area contributed by atoms with Crippen molar-refractivity contribution >= 4 is 5.97 Å². The van der Waals surface area contributed by atoms with Gasteiger partial charge in [0.05, 0.1) is 0 Å². The van der Waals surface area contributed by atoms with Gasteiger partial charge in [0.25, 0.3) is 0 Å². The number of aliphatic carboxylic acids is 1. The fraction of sp³-hybridized carbons (Fsp3) is 0.125. The molecule has 7 nitrogen and oxygen atoms in total. The van der Waals surface area contributed by atoms with Crippen LogP contribution in [-0.4, -0.2) is 36.3 Å². The number of carbonyl (C=O) groups is 1. The highest BCUT2D eigenvalue weighted by molar-refractivity contribution is 5.66. The maximum absolute atomic E-state index is 10.4. The third-order valence-corrected chi connectivity index (χ3v) is 1.65. The van der Waals surface area contributed by atoms with Crippen molar-refractivity contribution in [1.82, 2.24) is 25.2 Å². The van der Waals surface area contributed by atoms with Crippen molar-refractivity contribution < 1.29 is 9.90 Å². The van der Waals surface area contributed by atoms with E-state index in [0.717, 1.165) is 4.80 Å². The van der Waals surface area contributed by atoms with E-state index in [2.05, 4.69) is 20.4 Å². The summed E-state index contributed by atoms with van der Waals surface area (Å²) in [5.41, 5.74) is 0.703. The van der Waals surface area contributed by atoms with Crippen LogP contribution in [0.4, 0.5) is 0 Å². The van der Waals surface area contributed by atoms with Gasteiger partial charge < -0.3 is 5.11 Å². The number of carboxylic acid groups (broad SMARTS) is 1. The summed E-state index contributed by atoms with van der Waals surface area (Å²) in [7, 11) is 0. The Morgan fingerprint density at radius 3 is 3.07 bits per heavy atom. The van der Waals surface area contributed by atoms with Crippen molar-refractivity contribution in [3.05, 3.63) is 24.5 Å². The van der Waals surface area contributed by atoms with Gasteiger partial charge in [-0.25, -0.2) is 0 Å². The maximum Gasteiger partial charge on any atom is 0.327 e. The second-order valence-corrected chi connectivity index (χ2v) is 2.78. The van der Waals surface area contributed by atoms with Crippen LogP contribution in [0.2, 0.25) is 0 Å². The number of aromatic nitrogens is 5. The molecule has 0 atom stereocenters. The molecule has 2 rings (SSSR count). The largest absolute Gasteiger partial charge is 0.480 e. The number of nitrogens with zero attached hydrogens (tertiary/aromatic N) is 5. The minimum absolute atomic E-state index is 0.298. The van der Waals surface area contributed by atoms with Crippen LogP contribution in [0.3, 0.4) is 0 Å². The standard InChI is InChI=1S/C8H7N5O2/c14-7(15)5-13-11-8(10-12-13)6-2-1-3-9-4-6/h1-4H,5H2,(H,14,15). The second kappa shape index (κ2) is 3.82. The molecule has 0 aromatic carbocycles. The molecular weight excluding hydrogens is 198 g/mol. The molecule has 15 heavy (non-hydrogen) atoms. The van der Waals surface area contributed by atoms with Crippen molar-refractivity contribution in [2.24, 2.45) is 0 Å². The molecule has 2 aromatic rings. The summed E-state index contributed by atoms with van der Waals surface area (Å²) in [6.07, 6.45) is 3.22. The first-order valence-corrected chi connectivity index (χ1v) is 4.16. The molecule has 0 bridgehead atoms. The normalized spacial score (nSPS) is 10.1. The number of carboxylic acids is 1. The SMILES string of the molecule is O=C(O)Cn1nnc(-c2cccnc2)n1. The number of rotatable bonds is 3. The Kier molecular flexibility index (Phi) is 2.36. The van der Waals surface area contributed by atoms with Crippen LogP contribution in [0.15, 0.2) is 24.5 Å². The Hall–Kier alpha value is -2.31. The molecule has 0 aliphatic carbocycles. The fourth-order valence-corrected chi connectivity index (χ4v) is 1.04. The van der Waals surface area contributed by atoms with Gasteiger partial charge in [0, 0.05) is 18.0 Å². The van der Waals surface area contributed by atoms with Crippen molar-refractivity contribution in [1.29, 1.82) is 0 Å². The van der Waals surface area contributed by atoms with Gasteiger partial charge in [-0.1, -0.05) is 0 Å². The number of tetrazole rings is 1. The average Bonchev–Trinajstić information content (AvgIpc) is 2.67. The predicted octanol–water partition coefficient (Wildman–Crippen LogP) is -0.180. The monoisotopic (exact) mass is 205 g/mol. The number of hydrogen-bond acceptors (Lipinski definition) is 5. The van der Waals surface area contributed by atoms with Crippen molar-refractivity contribution in [2.45, 2.75) is 6.54 Å². The lowest BCUT2D eigenvalue weighted by Crippen LogP contribution is -2.11. The van der Waals surface area contributed by atoms with E-state index in [9.17, 15) is 4.79 Å². The third-order valence-electron chi connectivity index (χ3n) is 1.65. The van der Waals surface area contributed by atoms with E-state index < -0.39 is 5.97 Å². The van der Waals surface area contributed by atoms with Crippen LogP contribution >= 0.6 is 0 Å². The summed E-state index contributed by atoms with van der Waals surface area (Å²) in [6.45, 7) is -0.298. The van der Waals surface area contributed by atoms with Crippen molar-refractivity contribution in [3.63, 3.8) is 0 Å². The lowest BCUT2D eigenvalue weighted by molar-refractivity contribution is -0.138. The van der Waals surface area contributed by atoms with Crippen LogP contribution in [0.1, 0.15) is 0 Å². The molecule has 0 amide bonds. The van der Waals surface area contributed by atoms with E-state index in [-0.39, 0.29) is 6.54 Å². The van der Waals surface area contributed by atoms with E-state index in [1.54, 1.807) is 24.5 Å². The molecule has 2 aromatic heterocycles. The highest BCUT2D eigenvalue weighted by Crippen LogP contribution is 2.09. The molecule has 2 heterocycles. The molecule has 7 heteroatoms. The van der Waals surface area contributed by atoms with Gasteiger partial charge in [-0.2, -0.15) is 4.80 Å². The minimum Gasteiger partial charge on any atom is -0.480 e. The summed E-state index contributed by atoms with van der Waals surface area (Å²) < 4.78 is 0. The molecule has 0 radical (unpaired) electrons. The average molecular weight is 205 g/mol. The Labute approximate surface area is 84.4 Å². The number of hydrogen-bond donors (Lipinski definition) is 1. The van der Waals surface area contributed by atoms with Gasteiger partial charge in [0.15, 0.2) is 6.54 Å². The quantitative estimate of drug-likeness (QED) is 0.746. The van der Waals surface area contributed by atoms with Crippen LogP contribution in [0.25, 0.3) is 11.4 Å². The Balaban J connectivity index is 2.24. The first-order valence-electron chi connectivity index (χ1n) is 4.16. The maximum atomic E-state index is 10.4. The zero-order valence-corrected chi connectivity index (χ0v) is 7.61. The lowest BCUT2D eigenvalue weighted by Gasteiger charge is -1.91. The highest BCUT2D eigenvalue weighted by atomic mass is 16.4. The molecule has 0 saturated carbocycles. The zero-order valence-electron chi connectivity index (χ0n) is 7.61. The zero-order chi connectivity index (χ0) is 10.7. The molecule has 0 fully saturated rings. The van der Waals surface area contributed by atoms with Crippen molar-refractivity contribution in [2.75, 3.05) is 0 Å². The number of pyridine rings is 1. The molecule has 0 unspecified atom stereocenters. The third kappa shape index (κ3) is 2.13. The predicted molar refractivity (Wildman–Crippen MR) is 48.7 cm³/mol. The van der Waals surface area contributed by atoms with Gasteiger partial charge in [-0.3, -0.25) is 9.78 Å². The summed E-state index contributed by atoms with van der Waals surface area (Å²) >= 11 is 0.